The molecule has 0 heteroatoms. The van der Waals surface area contributed by atoms with Gasteiger partial charge in [0.25, 0.3) is 0 Å². The SMILES string of the molecule is [c]1c(-c2ccc3ccccc3c2)ccc2cc3ccccc3cc12. The average Bonchev–Trinajstić information content (AvgIpc) is 2.65. The minimum atomic E-state index is 1.14. The van der Waals surface area contributed by atoms with Crippen molar-refractivity contribution in [2.75, 3.05) is 0 Å². The Kier molecular flexibility index (Phi) is 2.89. The van der Waals surface area contributed by atoms with Crippen LogP contribution in [0, 0.1) is 6.07 Å². The van der Waals surface area contributed by atoms with Gasteiger partial charge < -0.3 is 0 Å². The molecule has 0 nitrogen and oxygen atoms in total. The first-order valence-corrected chi connectivity index (χ1v) is 8.21. The number of rotatable bonds is 1. The monoisotopic (exact) mass is 303 g/mol. The van der Waals surface area contributed by atoms with Gasteiger partial charge in [0, 0.05) is 0 Å². The fraction of sp³-hybridized carbons (Fsp3) is 0. The molecule has 111 valence electrons. The Balaban J connectivity index is 1.71. The van der Waals surface area contributed by atoms with Crippen LogP contribution in [0.25, 0.3) is 43.4 Å². The molecule has 0 N–H and O–H groups in total. The molecular formula is C24H15. The molecule has 0 unspecified atom stereocenters. The fourth-order valence-corrected chi connectivity index (χ4v) is 3.39. The lowest BCUT2D eigenvalue weighted by molar-refractivity contribution is 1.67. The molecule has 5 aromatic rings. The second-order valence-corrected chi connectivity index (χ2v) is 6.22. The number of benzene rings is 5. The predicted molar refractivity (Wildman–Crippen MR) is 103 cm³/mol. The first kappa shape index (κ1) is 13.3. The summed E-state index contributed by atoms with van der Waals surface area (Å²) in [4.78, 5) is 0. The van der Waals surface area contributed by atoms with Crippen LogP contribution in [0.5, 0.6) is 0 Å². The van der Waals surface area contributed by atoms with Crippen LogP contribution in [0.4, 0.5) is 0 Å². The van der Waals surface area contributed by atoms with E-state index in [-0.39, 0.29) is 0 Å². The molecule has 0 saturated carbocycles. The molecule has 1 radical (unpaired) electrons. The van der Waals surface area contributed by atoms with Gasteiger partial charge in [-0.15, -0.1) is 0 Å². The van der Waals surface area contributed by atoms with Crippen LogP contribution in [-0.2, 0) is 0 Å². The standard InChI is InChI=1S/C24H15/c1-2-6-18-13-21(10-9-17(18)5-1)22-11-12-23-14-19-7-3-4-8-20(19)15-24(23)16-22/h1-15H. The summed E-state index contributed by atoms with van der Waals surface area (Å²) < 4.78 is 0. The average molecular weight is 303 g/mol. The highest BCUT2D eigenvalue weighted by atomic mass is 14.1. The number of hydrogen-bond acceptors (Lipinski definition) is 0. The molecule has 5 aromatic carbocycles. The van der Waals surface area contributed by atoms with E-state index < -0.39 is 0 Å². The molecule has 0 aliphatic rings. The van der Waals surface area contributed by atoms with Gasteiger partial charge in [0.2, 0.25) is 0 Å². The highest BCUT2D eigenvalue weighted by molar-refractivity contribution is 5.99. The zero-order chi connectivity index (χ0) is 15.9. The van der Waals surface area contributed by atoms with Crippen molar-refractivity contribution >= 4 is 32.3 Å². The molecule has 0 spiro atoms. The fourth-order valence-electron chi connectivity index (χ4n) is 3.39. The van der Waals surface area contributed by atoms with Crippen molar-refractivity contribution in [1.29, 1.82) is 0 Å². The summed E-state index contributed by atoms with van der Waals surface area (Å²) >= 11 is 0. The summed E-state index contributed by atoms with van der Waals surface area (Å²) in [5.41, 5.74) is 2.35. The number of fused-ring (bicyclic) bond motifs is 3. The highest BCUT2D eigenvalue weighted by Crippen LogP contribution is 2.29. The zero-order valence-electron chi connectivity index (χ0n) is 13.2. The molecular weight excluding hydrogens is 288 g/mol. The van der Waals surface area contributed by atoms with Crippen molar-refractivity contribution in [2.24, 2.45) is 0 Å². The van der Waals surface area contributed by atoms with Gasteiger partial charge in [-0.05, 0) is 67.7 Å². The summed E-state index contributed by atoms with van der Waals surface area (Å²) in [7, 11) is 0. The highest BCUT2D eigenvalue weighted by Gasteiger charge is 2.03. The van der Waals surface area contributed by atoms with Crippen molar-refractivity contribution in [1.82, 2.24) is 0 Å². The smallest absolute Gasteiger partial charge is 0.00141 e. The van der Waals surface area contributed by atoms with Gasteiger partial charge in [0.05, 0.1) is 0 Å². The lowest BCUT2D eigenvalue weighted by Gasteiger charge is -2.07. The lowest BCUT2D eigenvalue weighted by atomic mass is 9.97. The van der Waals surface area contributed by atoms with Gasteiger partial charge in [-0.2, -0.15) is 0 Å². The normalized spacial score (nSPS) is 11.3. The predicted octanol–water partition coefficient (Wildman–Crippen LogP) is 6.61. The quantitative estimate of drug-likeness (QED) is 0.305. The summed E-state index contributed by atoms with van der Waals surface area (Å²) in [5.74, 6) is 0. The molecule has 0 atom stereocenters. The minimum Gasteiger partial charge on any atom is -0.0616 e. The van der Waals surface area contributed by atoms with Crippen molar-refractivity contribution in [3.63, 3.8) is 0 Å². The molecule has 5 rings (SSSR count). The van der Waals surface area contributed by atoms with Gasteiger partial charge in [0.1, 0.15) is 0 Å². The second kappa shape index (κ2) is 5.21. The van der Waals surface area contributed by atoms with Crippen molar-refractivity contribution in [3.05, 3.63) is 97.1 Å². The van der Waals surface area contributed by atoms with E-state index in [1.165, 1.54) is 37.9 Å². The molecule has 0 heterocycles. The zero-order valence-corrected chi connectivity index (χ0v) is 13.2. The minimum absolute atomic E-state index is 1.14. The van der Waals surface area contributed by atoms with E-state index in [2.05, 4.69) is 97.1 Å². The lowest BCUT2D eigenvalue weighted by Crippen LogP contribution is -1.82. The Labute approximate surface area is 141 Å². The van der Waals surface area contributed by atoms with E-state index in [1.54, 1.807) is 0 Å². The Morgan fingerprint density at radius 3 is 1.88 bits per heavy atom. The van der Waals surface area contributed by atoms with Gasteiger partial charge in [0.15, 0.2) is 0 Å². The molecule has 0 aromatic heterocycles. The topological polar surface area (TPSA) is 0 Å². The maximum atomic E-state index is 3.60. The molecule has 0 saturated heterocycles. The maximum Gasteiger partial charge on any atom is -0.00141 e. The third-order valence-corrected chi connectivity index (χ3v) is 4.68. The first-order chi connectivity index (χ1) is 11.9. The molecule has 0 aliphatic carbocycles. The molecule has 0 aliphatic heterocycles. The van der Waals surface area contributed by atoms with Crippen LogP contribution in [-0.4, -0.2) is 0 Å². The van der Waals surface area contributed by atoms with Gasteiger partial charge >= 0.3 is 0 Å². The summed E-state index contributed by atoms with van der Waals surface area (Å²) in [6.07, 6.45) is 0. The van der Waals surface area contributed by atoms with E-state index in [9.17, 15) is 0 Å². The van der Waals surface area contributed by atoms with Crippen LogP contribution >= 0.6 is 0 Å². The van der Waals surface area contributed by atoms with E-state index in [1.807, 2.05) is 0 Å². The van der Waals surface area contributed by atoms with Crippen molar-refractivity contribution in [3.8, 4) is 11.1 Å². The van der Waals surface area contributed by atoms with E-state index in [4.69, 9.17) is 0 Å². The van der Waals surface area contributed by atoms with Crippen LogP contribution in [0.2, 0.25) is 0 Å². The maximum absolute atomic E-state index is 3.60. The molecule has 0 fully saturated rings. The van der Waals surface area contributed by atoms with E-state index in [0.717, 1.165) is 5.56 Å². The molecule has 0 bridgehead atoms. The Bertz CT molecular complexity index is 1200. The summed E-state index contributed by atoms with van der Waals surface area (Å²) in [5, 5.41) is 7.47. The van der Waals surface area contributed by atoms with Gasteiger partial charge in [-0.25, -0.2) is 0 Å². The molecule has 24 heavy (non-hydrogen) atoms. The largest absolute Gasteiger partial charge is 0.0616 e. The van der Waals surface area contributed by atoms with Crippen molar-refractivity contribution in [2.45, 2.75) is 0 Å². The van der Waals surface area contributed by atoms with Crippen LogP contribution in [0.15, 0.2) is 91.0 Å². The summed E-state index contributed by atoms with van der Waals surface area (Å²) in [6, 6.07) is 36.0. The van der Waals surface area contributed by atoms with Crippen LogP contribution in [0.1, 0.15) is 0 Å². The summed E-state index contributed by atoms with van der Waals surface area (Å²) in [6.45, 7) is 0. The Morgan fingerprint density at radius 2 is 1.08 bits per heavy atom. The number of hydrogen-bond donors (Lipinski definition) is 0. The van der Waals surface area contributed by atoms with Crippen LogP contribution in [0.3, 0.4) is 0 Å². The van der Waals surface area contributed by atoms with Gasteiger partial charge in [-0.1, -0.05) is 72.8 Å². The first-order valence-electron chi connectivity index (χ1n) is 8.21. The van der Waals surface area contributed by atoms with Crippen molar-refractivity contribution < 1.29 is 0 Å². The third kappa shape index (κ3) is 2.16. The second-order valence-electron chi connectivity index (χ2n) is 6.22. The Hall–Kier alpha value is -3.12. The van der Waals surface area contributed by atoms with E-state index in [0.29, 0.717) is 0 Å². The Morgan fingerprint density at radius 1 is 0.458 bits per heavy atom. The van der Waals surface area contributed by atoms with Crippen LogP contribution < -0.4 is 0 Å². The van der Waals surface area contributed by atoms with E-state index >= 15 is 0 Å². The third-order valence-electron chi connectivity index (χ3n) is 4.68. The molecule has 0 amide bonds. The van der Waals surface area contributed by atoms with Gasteiger partial charge in [-0.3, -0.25) is 0 Å².